The van der Waals surface area contributed by atoms with Crippen molar-refractivity contribution < 1.29 is 17.9 Å². The smallest absolute Gasteiger partial charge is 0.242 e. The van der Waals surface area contributed by atoms with Crippen molar-refractivity contribution >= 4 is 44.8 Å². The number of hydrogen-bond acceptors (Lipinski definition) is 4. The molecule has 0 heterocycles. The Kier molecular flexibility index (Phi) is 7.11. The highest BCUT2D eigenvalue weighted by molar-refractivity contribution is 7.89. The van der Waals surface area contributed by atoms with Gasteiger partial charge in [0.2, 0.25) is 15.9 Å². The molecule has 0 saturated carbocycles. The molecule has 0 fully saturated rings. The summed E-state index contributed by atoms with van der Waals surface area (Å²) in [5.41, 5.74) is 1.06. The number of rotatable bonds is 7. The van der Waals surface area contributed by atoms with Gasteiger partial charge in [-0.25, -0.2) is 8.42 Å². The average Bonchev–Trinajstić information content (AvgIpc) is 2.55. The standard InChI is InChI=1S/C18H20Cl2N2O4S/c1-4-26-17-6-5-16(7-11(17)2)27(24,25)22-12(3)18(23)21-15-9-13(19)8-14(20)10-15/h5-10,12,22H,4H2,1-3H3,(H,21,23)/t12-/m1/s1. The van der Waals surface area contributed by atoms with Gasteiger partial charge in [0.05, 0.1) is 17.5 Å². The Bertz CT molecular complexity index is 928. The molecule has 9 heteroatoms. The Morgan fingerprint density at radius 2 is 1.78 bits per heavy atom. The number of carbonyl (C=O) groups excluding carboxylic acids is 1. The van der Waals surface area contributed by atoms with Crippen molar-refractivity contribution in [3.63, 3.8) is 0 Å². The van der Waals surface area contributed by atoms with Gasteiger partial charge >= 0.3 is 0 Å². The van der Waals surface area contributed by atoms with E-state index in [0.717, 1.165) is 0 Å². The first-order chi connectivity index (χ1) is 12.6. The summed E-state index contributed by atoms with van der Waals surface area (Å²) in [5.74, 6) is 0.0691. The zero-order valence-corrected chi connectivity index (χ0v) is 17.4. The average molecular weight is 431 g/mol. The Morgan fingerprint density at radius 3 is 2.33 bits per heavy atom. The van der Waals surface area contributed by atoms with Crippen LogP contribution in [-0.4, -0.2) is 27.0 Å². The highest BCUT2D eigenvalue weighted by Crippen LogP contribution is 2.23. The molecule has 0 unspecified atom stereocenters. The number of sulfonamides is 1. The minimum absolute atomic E-state index is 0.0499. The van der Waals surface area contributed by atoms with E-state index >= 15 is 0 Å². The van der Waals surface area contributed by atoms with Crippen molar-refractivity contribution in [2.45, 2.75) is 31.7 Å². The van der Waals surface area contributed by atoms with E-state index in [0.29, 0.717) is 33.7 Å². The zero-order valence-electron chi connectivity index (χ0n) is 15.0. The number of aryl methyl sites for hydroxylation is 1. The maximum atomic E-state index is 12.6. The van der Waals surface area contributed by atoms with Gasteiger partial charge in [-0.2, -0.15) is 4.72 Å². The molecule has 0 aliphatic heterocycles. The van der Waals surface area contributed by atoms with Gasteiger partial charge in [-0.1, -0.05) is 23.2 Å². The summed E-state index contributed by atoms with van der Waals surface area (Å²) in [4.78, 5) is 12.4. The fourth-order valence-electron chi connectivity index (χ4n) is 2.34. The van der Waals surface area contributed by atoms with Crippen molar-refractivity contribution in [2.24, 2.45) is 0 Å². The Morgan fingerprint density at radius 1 is 1.15 bits per heavy atom. The predicted octanol–water partition coefficient (Wildman–Crippen LogP) is 4.01. The Balaban J connectivity index is 2.12. The third-order valence-electron chi connectivity index (χ3n) is 3.61. The largest absolute Gasteiger partial charge is 0.494 e. The maximum absolute atomic E-state index is 12.6. The molecule has 0 radical (unpaired) electrons. The summed E-state index contributed by atoms with van der Waals surface area (Å²) in [5, 5.41) is 3.29. The molecule has 146 valence electrons. The van der Waals surface area contributed by atoms with Crippen molar-refractivity contribution in [2.75, 3.05) is 11.9 Å². The van der Waals surface area contributed by atoms with Gasteiger partial charge in [0.1, 0.15) is 5.75 Å². The molecule has 0 spiro atoms. The van der Waals surface area contributed by atoms with E-state index < -0.39 is 22.0 Å². The van der Waals surface area contributed by atoms with E-state index in [2.05, 4.69) is 10.0 Å². The van der Waals surface area contributed by atoms with Crippen molar-refractivity contribution in [3.8, 4) is 5.75 Å². The lowest BCUT2D eigenvalue weighted by molar-refractivity contribution is -0.117. The van der Waals surface area contributed by atoms with E-state index in [4.69, 9.17) is 27.9 Å². The SMILES string of the molecule is CCOc1ccc(S(=O)(=O)N[C@H](C)C(=O)Nc2cc(Cl)cc(Cl)c2)cc1C. The summed E-state index contributed by atoms with van der Waals surface area (Å²) in [6.45, 7) is 5.53. The number of amides is 1. The molecule has 2 N–H and O–H groups in total. The lowest BCUT2D eigenvalue weighted by Crippen LogP contribution is -2.41. The van der Waals surface area contributed by atoms with Crippen LogP contribution in [0.15, 0.2) is 41.3 Å². The zero-order chi connectivity index (χ0) is 20.2. The van der Waals surface area contributed by atoms with Crippen LogP contribution in [0.2, 0.25) is 10.0 Å². The fraction of sp³-hybridized carbons (Fsp3) is 0.278. The third kappa shape index (κ3) is 5.84. The second-order valence-electron chi connectivity index (χ2n) is 5.85. The number of benzene rings is 2. The number of anilines is 1. The molecule has 2 aromatic rings. The van der Waals surface area contributed by atoms with Gasteiger partial charge in [0.25, 0.3) is 0 Å². The van der Waals surface area contributed by atoms with Crippen LogP contribution in [0.25, 0.3) is 0 Å². The predicted molar refractivity (Wildman–Crippen MR) is 107 cm³/mol. The summed E-state index contributed by atoms with van der Waals surface area (Å²) in [6, 6.07) is 8.06. The maximum Gasteiger partial charge on any atom is 0.242 e. The quantitative estimate of drug-likeness (QED) is 0.694. The molecule has 0 bridgehead atoms. The first-order valence-electron chi connectivity index (χ1n) is 8.15. The molecule has 27 heavy (non-hydrogen) atoms. The van der Waals surface area contributed by atoms with Crippen LogP contribution in [0.5, 0.6) is 5.75 Å². The Labute approximate surface area is 168 Å². The van der Waals surface area contributed by atoms with E-state index in [1.54, 1.807) is 13.0 Å². The van der Waals surface area contributed by atoms with Crippen LogP contribution < -0.4 is 14.8 Å². The third-order valence-corrected chi connectivity index (χ3v) is 5.59. The van der Waals surface area contributed by atoms with Gasteiger partial charge in [-0.05, 0) is 62.7 Å². The molecule has 2 rings (SSSR count). The van der Waals surface area contributed by atoms with Gasteiger partial charge < -0.3 is 10.1 Å². The Hall–Kier alpha value is -1.80. The highest BCUT2D eigenvalue weighted by Gasteiger charge is 2.23. The second kappa shape index (κ2) is 8.93. The number of nitrogens with one attached hydrogen (secondary N) is 2. The van der Waals surface area contributed by atoms with Crippen molar-refractivity contribution in [3.05, 3.63) is 52.0 Å². The van der Waals surface area contributed by atoms with Crippen LogP contribution in [0.1, 0.15) is 19.4 Å². The summed E-state index contributed by atoms with van der Waals surface area (Å²) in [7, 11) is -3.89. The van der Waals surface area contributed by atoms with Gasteiger partial charge in [0, 0.05) is 15.7 Å². The van der Waals surface area contributed by atoms with E-state index in [1.807, 2.05) is 6.92 Å². The van der Waals surface area contributed by atoms with Crippen LogP contribution in [-0.2, 0) is 14.8 Å². The lowest BCUT2D eigenvalue weighted by Gasteiger charge is -2.16. The molecule has 6 nitrogen and oxygen atoms in total. The molecule has 0 aliphatic rings. The van der Waals surface area contributed by atoms with Crippen LogP contribution >= 0.6 is 23.2 Å². The van der Waals surface area contributed by atoms with Crippen LogP contribution in [0, 0.1) is 6.92 Å². The van der Waals surface area contributed by atoms with Crippen LogP contribution in [0.3, 0.4) is 0 Å². The van der Waals surface area contributed by atoms with Gasteiger partial charge in [-0.15, -0.1) is 0 Å². The normalized spacial score (nSPS) is 12.5. The molecular formula is C18H20Cl2N2O4S. The molecule has 1 atom stereocenters. The van der Waals surface area contributed by atoms with E-state index in [1.165, 1.54) is 37.3 Å². The lowest BCUT2D eigenvalue weighted by atomic mass is 10.2. The molecular weight excluding hydrogens is 411 g/mol. The minimum atomic E-state index is -3.89. The van der Waals surface area contributed by atoms with Gasteiger partial charge in [-0.3, -0.25) is 4.79 Å². The number of hydrogen-bond donors (Lipinski definition) is 2. The first-order valence-corrected chi connectivity index (χ1v) is 10.4. The number of halogens is 2. The monoisotopic (exact) mass is 430 g/mol. The molecule has 0 saturated heterocycles. The molecule has 0 aromatic heterocycles. The molecule has 2 aromatic carbocycles. The second-order valence-corrected chi connectivity index (χ2v) is 8.44. The van der Waals surface area contributed by atoms with E-state index in [-0.39, 0.29) is 4.90 Å². The van der Waals surface area contributed by atoms with Crippen molar-refractivity contribution in [1.82, 2.24) is 4.72 Å². The number of ether oxygens (including phenoxy) is 1. The summed E-state index contributed by atoms with van der Waals surface area (Å²) < 4.78 is 32.9. The fourth-order valence-corrected chi connectivity index (χ4v) is 4.15. The molecule has 0 aliphatic carbocycles. The van der Waals surface area contributed by atoms with Crippen LogP contribution in [0.4, 0.5) is 5.69 Å². The summed E-state index contributed by atoms with van der Waals surface area (Å²) in [6.07, 6.45) is 0. The molecule has 1 amide bonds. The first kappa shape index (κ1) is 21.5. The highest BCUT2D eigenvalue weighted by atomic mass is 35.5. The van der Waals surface area contributed by atoms with Gasteiger partial charge in [0.15, 0.2) is 0 Å². The summed E-state index contributed by atoms with van der Waals surface area (Å²) >= 11 is 11.8. The number of carbonyl (C=O) groups is 1. The van der Waals surface area contributed by atoms with Crippen molar-refractivity contribution in [1.29, 1.82) is 0 Å². The van der Waals surface area contributed by atoms with E-state index in [9.17, 15) is 13.2 Å². The minimum Gasteiger partial charge on any atom is -0.494 e. The topological polar surface area (TPSA) is 84.5 Å².